The highest BCUT2D eigenvalue weighted by Gasteiger charge is 2.16. The minimum atomic E-state index is -0.321. The fourth-order valence-electron chi connectivity index (χ4n) is 2.21. The topological polar surface area (TPSA) is 68.8 Å². The van der Waals surface area contributed by atoms with Crippen LogP contribution in [0.5, 0.6) is 17.2 Å². The van der Waals surface area contributed by atoms with Gasteiger partial charge >= 0.3 is 6.03 Å². The van der Waals surface area contributed by atoms with Gasteiger partial charge in [0.1, 0.15) is 0 Å². The zero-order valence-corrected chi connectivity index (χ0v) is 15.3. The molecule has 0 aliphatic carbocycles. The van der Waals surface area contributed by atoms with Gasteiger partial charge in [-0.2, -0.15) is 0 Å². The predicted octanol–water partition coefficient (Wildman–Crippen LogP) is 3.80. The predicted molar refractivity (Wildman–Crippen MR) is 96.1 cm³/mol. The third kappa shape index (κ3) is 4.11. The maximum atomic E-state index is 12.1. The van der Waals surface area contributed by atoms with Crippen molar-refractivity contribution in [2.24, 2.45) is 0 Å². The number of para-hydroxylation sites is 1. The van der Waals surface area contributed by atoms with E-state index in [4.69, 9.17) is 14.2 Å². The quantitative estimate of drug-likeness (QED) is 0.781. The lowest BCUT2D eigenvalue weighted by atomic mass is 10.1. The van der Waals surface area contributed by atoms with Crippen molar-refractivity contribution < 1.29 is 19.0 Å². The summed E-state index contributed by atoms with van der Waals surface area (Å²) in [5.74, 6) is 1.58. The number of rotatable bonds is 6. The van der Waals surface area contributed by atoms with Crippen molar-refractivity contribution in [3.63, 3.8) is 0 Å². The lowest BCUT2D eigenvalue weighted by Gasteiger charge is -2.16. The van der Waals surface area contributed by atoms with Crippen molar-refractivity contribution in [3.8, 4) is 17.2 Å². The van der Waals surface area contributed by atoms with Gasteiger partial charge in [-0.15, -0.1) is 0 Å². The average molecular weight is 395 g/mol. The van der Waals surface area contributed by atoms with Crippen molar-refractivity contribution in [2.75, 3.05) is 26.6 Å². The van der Waals surface area contributed by atoms with Crippen LogP contribution >= 0.6 is 15.9 Å². The number of hydrogen-bond acceptors (Lipinski definition) is 4. The van der Waals surface area contributed by atoms with Crippen LogP contribution in [0.4, 0.5) is 10.5 Å². The van der Waals surface area contributed by atoms with Crippen molar-refractivity contribution >= 4 is 27.6 Å². The van der Waals surface area contributed by atoms with E-state index in [1.165, 1.54) is 7.11 Å². The Hall–Kier alpha value is -2.41. The number of benzene rings is 2. The monoisotopic (exact) mass is 394 g/mol. The highest BCUT2D eigenvalue weighted by Crippen LogP contribution is 2.39. The summed E-state index contributed by atoms with van der Waals surface area (Å²) >= 11 is 3.39. The van der Waals surface area contributed by atoms with Crippen LogP contribution in [0.15, 0.2) is 40.9 Å². The molecule has 2 rings (SSSR count). The molecule has 0 radical (unpaired) electrons. The SMILES string of the molecule is COc1ccc(CNC(=O)Nc2ccccc2Br)c(OC)c1OC. The molecule has 0 atom stereocenters. The van der Waals surface area contributed by atoms with E-state index in [0.717, 1.165) is 10.0 Å². The van der Waals surface area contributed by atoms with Crippen LogP contribution in [-0.4, -0.2) is 27.4 Å². The molecule has 0 spiro atoms. The molecule has 0 saturated carbocycles. The van der Waals surface area contributed by atoms with E-state index in [1.807, 2.05) is 24.3 Å². The second-order valence-corrected chi connectivity index (χ2v) is 5.64. The highest BCUT2D eigenvalue weighted by atomic mass is 79.9. The van der Waals surface area contributed by atoms with E-state index in [2.05, 4.69) is 26.6 Å². The normalized spacial score (nSPS) is 10.0. The number of hydrogen-bond donors (Lipinski definition) is 2. The first-order valence-corrected chi connectivity index (χ1v) is 7.97. The zero-order valence-electron chi connectivity index (χ0n) is 13.7. The molecule has 128 valence electrons. The summed E-state index contributed by atoms with van der Waals surface area (Å²) in [6, 6.07) is 10.6. The van der Waals surface area contributed by atoms with Gasteiger partial charge in [-0.25, -0.2) is 4.79 Å². The van der Waals surface area contributed by atoms with E-state index >= 15 is 0 Å². The maximum absolute atomic E-state index is 12.1. The highest BCUT2D eigenvalue weighted by molar-refractivity contribution is 9.10. The van der Waals surface area contributed by atoms with Gasteiger partial charge in [0.25, 0.3) is 0 Å². The molecule has 7 heteroatoms. The summed E-state index contributed by atoms with van der Waals surface area (Å²) < 4.78 is 16.8. The molecule has 24 heavy (non-hydrogen) atoms. The fourth-order valence-corrected chi connectivity index (χ4v) is 2.59. The van der Waals surface area contributed by atoms with Crippen molar-refractivity contribution in [2.45, 2.75) is 6.54 Å². The van der Waals surface area contributed by atoms with Gasteiger partial charge in [-0.05, 0) is 40.2 Å². The number of carbonyl (C=O) groups is 1. The second-order valence-electron chi connectivity index (χ2n) is 4.78. The summed E-state index contributed by atoms with van der Waals surface area (Å²) in [5.41, 5.74) is 1.46. The van der Waals surface area contributed by atoms with Crippen molar-refractivity contribution in [1.82, 2.24) is 5.32 Å². The van der Waals surface area contributed by atoms with Gasteiger partial charge in [0.2, 0.25) is 5.75 Å². The lowest BCUT2D eigenvalue weighted by Crippen LogP contribution is -2.28. The third-order valence-corrected chi connectivity index (χ3v) is 4.04. The van der Waals surface area contributed by atoms with Crippen LogP contribution in [0.3, 0.4) is 0 Å². The van der Waals surface area contributed by atoms with E-state index in [9.17, 15) is 4.79 Å². The number of amides is 2. The van der Waals surface area contributed by atoms with E-state index in [1.54, 1.807) is 26.4 Å². The van der Waals surface area contributed by atoms with E-state index < -0.39 is 0 Å². The minimum Gasteiger partial charge on any atom is -0.493 e. The van der Waals surface area contributed by atoms with Gasteiger partial charge < -0.3 is 24.8 Å². The molecular formula is C17H19BrN2O4. The molecule has 0 saturated heterocycles. The Bertz CT molecular complexity index is 722. The number of ether oxygens (including phenoxy) is 3. The molecule has 0 aliphatic heterocycles. The number of methoxy groups -OCH3 is 3. The summed E-state index contributed by atoms with van der Waals surface area (Å²) in [7, 11) is 4.64. The Morgan fingerprint density at radius 1 is 1.00 bits per heavy atom. The van der Waals surface area contributed by atoms with E-state index in [-0.39, 0.29) is 12.6 Å². The van der Waals surface area contributed by atoms with Gasteiger partial charge in [0.05, 0.1) is 27.0 Å². The average Bonchev–Trinajstić information content (AvgIpc) is 2.60. The Morgan fingerprint density at radius 3 is 2.33 bits per heavy atom. The smallest absolute Gasteiger partial charge is 0.319 e. The van der Waals surface area contributed by atoms with Crippen LogP contribution < -0.4 is 24.8 Å². The second kappa shape index (κ2) is 8.44. The standard InChI is InChI=1S/C17H19BrN2O4/c1-22-14-9-8-11(15(23-2)16(14)24-3)10-19-17(21)20-13-7-5-4-6-12(13)18/h4-9H,10H2,1-3H3,(H2,19,20,21). The summed E-state index contributed by atoms with van der Waals surface area (Å²) in [4.78, 5) is 12.1. The fraction of sp³-hybridized carbons (Fsp3) is 0.235. The summed E-state index contributed by atoms with van der Waals surface area (Å²) in [5, 5.41) is 5.57. The molecule has 0 heterocycles. The van der Waals surface area contributed by atoms with Crippen LogP contribution in [0, 0.1) is 0 Å². The largest absolute Gasteiger partial charge is 0.493 e. The molecule has 0 aliphatic rings. The number of anilines is 1. The molecule has 6 nitrogen and oxygen atoms in total. The van der Waals surface area contributed by atoms with Crippen LogP contribution in [0.1, 0.15) is 5.56 Å². The van der Waals surface area contributed by atoms with Crippen molar-refractivity contribution in [1.29, 1.82) is 0 Å². The molecule has 2 aromatic carbocycles. The first-order chi connectivity index (χ1) is 11.6. The first-order valence-electron chi connectivity index (χ1n) is 7.18. The molecule has 2 aromatic rings. The number of halogens is 1. The number of nitrogens with one attached hydrogen (secondary N) is 2. The molecule has 0 fully saturated rings. The summed E-state index contributed by atoms with van der Waals surface area (Å²) in [6.07, 6.45) is 0. The molecule has 0 unspecified atom stereocenters. The Balaban J connectivity index is 2.09. The first kappa shape index (κ1) is 17.9. The Morgan fingerprint density at radius 2 is 1.71 bits per heavy atom. The molecule has 2 N–H and O–H groups in total. The number of urea groups is 1. The van der Waals surface area contributed by atoms with E-state index in [0.29, 0.717) is 22.9 Å². The van der Waals surface area contributed by atoms with Crippen LogP contribution in [-0.2, 0) is 6.54 Å². The maximum Gasteiger partial charge on any atom is 0.319 e. The van der Waals surface area contributed by atoms with Crippen LogP contribution in [0.2, 0.25) is 0 Å². The Labute approximate surface area is 149 Å². The molecule has 2 amide bonds. The molecule has 0 bridgehead atoms. The number of carbonyl (C=O) groups excluding carboxylic acids is 1. The van der Waals surface area contributed by atoms with Gasteiger partial charge in [-0.1, -0.05) is 12.1 Å². The lowest BCUT2D eigenvalue weighted by molar-refractivity contribution is 0.251. The van der Waals surface area contributed by atoms with Gasteiger partial charge in [0, 0.05) is 16.6 Å². The Kier molecular flexibility index (Phi) is 6.31. The van der Waals surface area contributed by atoms with Gasteiger partial charge in [0.15, 0.2) is 11.5 Å². The van der Waals surface area contributed by atoms with Gasteiger partial charge in [-0.3, -0.25) is 0 Å². The minimum absolute atomic E-state index is 0.278. The molecular weight excluding hydrogens is 376 g/mol. The molecule has 0 aromatic heterocycles. The summed E-state index contributed by atoms with van der Waals surface area (Å²) in [6.45, 7) is 0.278. The third-order valence-electron chi connectivity index (χ3n) is 3.35. The van der Waals surface area contributed by atoms with Crippen LogP contribution in [0.25, 0.3) is 0 Å². The zero-order chi connectivity index (χ0) is 17.5. The van der Waals surface area contributed by atoms with Crippen molar-refractivity contribution in [3.05, 3.63) is 46.4 Å².